The Balaban J connectivity index is 3.18. The first-order chi connectivity index (χ1) is 4.06. The number of hydrogen-bond donors (Lipinski definition) is 0. The summed E-state index contributed by atoms with van der Waals surface area (Å²) >= 11 is 12.3. The smallest absolute Gasteiger partial charge is 0.306 e. The predicted molar refractivity (Wildman–Crippen MR) is 48.8 cm³/mol. The predicted octanol–water partition coefficient (Wildman–Crippen LogP) is 3.41. The first kappa shape index (κ1) is 10.5. The SMILES string of the molecule is O=P(Cl)(Cl)OCCCI. The summed E-state index contributed by atoms with van der Waals surface area (Å²) in [6, 6.07) is 0. The minimum Gasteiger partial charge on any atom is -0.306 e. The minimum atomic E-state index is -3.25. The van der Waals surface area contributed by atoms with Crippen LogP contribution in [0.5, 0.6) is 0 Å². The average molecular weight is 303 g/mol. The van der Waals surface area contributed by atoms with Gasteiger partial charge in [-0.1, -0.05) is 22.6 Å². The molecule has 0 saturated heterocycles. The van der Waals surface area contributed by atoms with Crippen molar-refractivity contribution in [1.82, 2.24) is 0 Å². The van der Waals surface area contributed by atoms with Crippen LogP contribution in [-0.4, -0.2) is 11.0 Å². The van der Waals surface area contributed by atoms with Crippen LogP contribution in [0.4, 0.5) is 0 Å². The molecule has 0 amide bonds. The normalized spacial score (nSPS) is 11.9. The second-order valence-corrected chi connectivity index (χ2v) is 6.65. The fourth-order valence-corrected chi connectivity index (χ4v) is 1.29. The molecule has 0 aromatic carbocycles. The molecule has 0 rings (SSSR count). The molecule has 0 aliphatic heterocycles. The highest BCUT2D eigenvalue weighted by molar-refractivity contribution is 14.1. The summed E-state index contributed by atoms with van der Waals surface area (Å²) in [5, 5.41) is 0. The zero-order valence-electron chi connectivity index (χ0n) is 4.52. The molecule has 0 heterocycles. The molecular formula is C3H6Cl2IO2P. The summed E-state index contributed by atoms with van der Waals surface area (Å²) in [5.74, 6) is 0. The molecule has 0 atom stereocenters. The Bertz CT molecular complexity index is 114. The molecule has 0 saturated carbocycles. The molecule has 0 fully saturated rings. The Morgan fingerprint density at radius 1 is 1.56 bits per heavy atom. The zero-order valence-corrected chi connectivity index (χ0v) is 9.08. The maximum absolute atomic E-state index is 10.4. The summed E-state index contributed by atoms with van der Waals surface area (Å²) in [7, 11) is 0. The van der Waals surface area contributed by atoms with Crippen LogP contribution >= 0.6 is 51.1 Å². The molecule has 9 heavy (non-hydrogen) atoms. The van der Waals surface area contributed by atoms with Gasteiger partial charge in [-0.05, 0) is 28.9 Å². The number of hydrogen-bond acceptors (Lipinski definition) is 2. The molecule has 2 nitrogen and oxygen atoms in total. The van der Waals surface area contributed by atoms with Crippen LogP contribution in [0.25, 0.3) is 0 Å². The molecule has 0 N–H and O–H groups in total. The van der Waals surface area contributed by atoms with Gasteiger partial charge in [0.05, 0.1) is 6.61 Å². The van der Waals surface area contributed by atoms with Crippen molar-refractivity contribution >= 4 is 51.1 Å². The van der Waals surface area contributed by atoms with Crippen LogP contribution in [0.3, 0.4) is 0 Å². The quantitative estimate of drug-likeness (QED) is 0.344. The minimum absolute atomic E-state index is 0.368. The van der Waals surface area contributed by atoms with Gasteiger partial charge in [-0.3, -0.25) is 4.57 Å². The van der Waals surface area contributed by atoms with Gasteiger partial charge in [0.1, 0.15) is 0 Å². The first-order valence-electron chi connectivity index (χ1n) is 2.26. The van der Waals surface area contributed by atoms with Gasteiger partial charge < -0.3 is 4.52 Å². The molecule has 56 valence electrons. The fraction of sp³-hybridized carbons (Fsp3) is 1.00. The highest BCUT2D eigenvalue weighted by atomic mass is 127. The molecule has 0 aromatic heterocycles. The second kappa shape index (κ2) is 5.19. The van der Waals surface area contributed by atoms with Crippen LogP contribution in [-0.2, 0) is 9.09 Å². The Kier molecular flexibility index (Phi) is 6.05. The van der Waals surface area contributed by atoms with Crippen LogP contribution in [0.1, 0.15) is 6.42 Å². The van der Waals surface area contributed by atoms with Gasteiger partial charge in [-0.25, -0.2) is 0 Å². The number of alkyl halides is 1. The third-order valence-corrected chi connectivity index (χ3v) is 2.35. The highest BCUT2D eigenvalue weighted by Gasteiger charge is 2.12. The van der Waals surface area contributed by atoms with Crippen molar-refractivity contribution in [3.05, 3.63) is 0 Å². The average Bonchev–Trinajstić information content (AvgIpc) is 1.63. The molecule has 0 radical (unpaired) electrons. The third kappa shape index (κ3) is 9.50. The topological polar surface area (TPSA) is 26.3 Å². The van der Waals surface area contributed by atoms with Crippen molar-refractivity contribution in [3.63, 3.8) is 0 Å². The second-order valence-electron chi connectivity index (χ2n) is 1.29. The van der Waals surface area contributed by atoms with E-state index in [0.717, 1.165) is 10.8 Å². The van der Waals surface area contributed by atoms with Crippen molar-refractivity contribution in [2.45, 2.75) is 6.42 Å². The van der Waals surface area contributed by atoms with Gasteiger partial charge in [0, 0.05) is 4.43 Å². The van der Waals surface area contributed by atoms with Crippen LogP contribution in [0, 0.1) is 0 Å². The van der Waals surface area contributed by atoms with Gasteiger partial charge in [-0.2, -0.15) is 0 Å². The maximum Gasteiger partial charge on any atom is 0.380 e. The largest absolute Gasteiger partial charge is 0.380 e. The van der Waals surface area contributed by atoms with Crippen molar-refractivity contribution in [2.24, 2.45) is 0 Å². The Hall–Kier alpha value is 1.50. The van der Waals surface area contributed by atoms with E-state index in [-0.39, 0.29) is 0 Å². The number of rotatable bonds is 4. The van der Waals surface area contributed by atoms with Crippen molar-refractivity contribution in [2.75, 3.05) is 11.0 Å². The molecule has 0 aliphatic rings. The van der Waals surface area contributed by atoms with Gasteiger partial charge in [-0.15, -0.1) is 0 Å². The van der Waals surface area contributed by atoms with E-state index in [2.05, 4.69) is 27.1 Å². The fourth-order valence-electron chi connectivity index (χ4n) is 0.225. The van der Waals surface area contributed by atoms with E-state index < -0.39 is 6.07 Å². The monoisotopic (exact) mass is 302 g/mol. The van der Waals surface area contributed by atoms with E-state index in [1.807, 2.05) is 0 Å². The lowest BCUT2D eigenvalue weighted by Crippen LogP contribution is -1.86. The zero-order chi connectivity index (χ0) is 7.33. The molecule has 0 bridgehead atoms. The summed E-state index contributed by atoms with van der Waals surface area (Å²) in [4.78, 5) is 0. The van der Waals surface area contributed by atoms with Crippen molar-refractivity contribution in [1.29, 1.82) is 0 Å². The Labute approximate surface area is 77.4 Å². The molecule has 0 unspecified atom stereocenters. The lowest BCUT2D eigenvalue weighted by atomic mass is 10.5. The van der Waals surface area contributed by atoms with Gasteiger partial charge >= 0.3 is 6.07 Å². The van der Waals surface area contributed by atoms with Crippen molar-refractivity contribution in [3.8, 4) is 0 Å². The van der Waals surface area contributed by atoms with E-state index in [9.17, 15) is 4.57 Å². The highest BCUT2D eigenvalue weighted by Crippen LogP contribution is 2.57. The van der Waals surface area contributed by atoms with E-state index in [0.29, 0.717) is 6.61 Å². The van der Waals surface area contributed by atoms with Gasteiger partial charge in [0.25, 0.3) is 0 Å². The van der Waals surface area contributed by atoms with Crippen molar-refractivity contribution < 1.29 is 9.09 Å². The molecule has 0 aliphatic carbocycles. The van der Waals surface area contributed by atoms with E-state index in [1.54, 1.807) is 0 Å². The Morgan fingerprint density at radius 3 is 2.44 bits per heavy atom. The van der Waals surface area contributed by atoms with Gasteiger partial charge in [0.2, 0.25) is 0 Å². The van der Waals surface area contributed by atoms with Crippen LogP contribution < -0.4 is 0 Å². The molecule has 6 heteroatoms. The summed E-state index contributed by atoms with van der Waals surface area (Å²) in [5.41, 5.74) is 0. The van der Waals surface area contributed by atoms with E-state index in [4.69, 9.17) is 22.5 Å². The molecule has 0 aromatic rings. The van der Waals surface area contributed by atoms with Gasteiger partial charge in [0.15, 0.2) is 0 Å². The Morgan fingerprint density at radius 2 is 2.11 bits per heavy atom. The molecule has 0 spiro atoms. The van der Waals surface area contributed by atoms with E-state index in [1.165, 1.54) is 0 Å². The first-order valence-corrected chi connectivity index (χ1v) is 7.22. The summed E-state index contributed by atoms with van der Waals surface area (Å²) in [6.45, 7) is 0.368. The van der Waals surface area contributed by atoms with Crippen LogP contribution in [0.2, 0.25) is 0 Å². The molecular weight excluding hydrogens is 297 g/mol. The van der Waals surface area contributed by atoms with E-state index >= 15 is 0 Å². The maximum atomic E-state index is 10.4. The summed E-state index contributed by atoms with van der Waals surface area (Å²) < 4.78 is 15.9. The standard InChI is InChI=1S/C3H6Cl2IO2P/c4-9(5,7)8-3-1-2-6/h1-3H2. The third-order valence-electron chi connectivity index (χ3n) is 0.520. The lowest BCUT2D eigenvalue weighted by Gasteiger charge is -2.00. The lowest BCUT2D eigenvalue weighted by molar-refractivity contribution is 0.335. The summed E-state index contributed by atoms with van der Waals surface area (Å²) in [6.07, 6.45) is -2.43. The number of halogens is 3. The van der Waals surface area contributed by atoms with Crippen LogP contribution in [0.15, 0.2) is 0 Å².